The molecule has 0 bridgehead atoms. The van der Waals surface area contributed by atoms with Crippen molar-refractivity contribution in [2.24, 2.45) is 18.9 Å². The Labute approximate surface area is 257 Å². The first-order valence-corrected chi connectivity index (χ1v) is 15.0. The fourth-order valence-corrected chi connectivity index (χ4v) is 5.04. The number of hydrogen-bond acceptors (Lipinski definition) is 8. The molecule has 1 fully saturated rings. The smallest absolute Gasteiger partial charge is 0.326 e. The van der Waals surface area contributed by atoms with Crippen LogP contribution in [0.25, 0.3) is 0 Å². The SMILES string of the molecule is CC(C)CC(COC[C@H]1CC[C@@H](CNC(=O)c2ccn(C)n2)O1)C(=O)NC(C(=O)NC(Cc1ccccc1)C(=O)O)[C@@H](C)O. The molecule has 3 rings (SSSR count). The Morgan fingerprint density at radius 1 is 1.05 bits per heavy atom. The van der Waals surface area contributed by atoms with Crippen LogP contribution in [0.5, 0.6) is 0 Å². The van der Waals surface area contributed by atoms with Crippen LogP contribution in [0.3, 0.4) is 0 Å². The molecule has 13 nitrogen and oxygen atoms in total. The zero-order valence-electron chi connectivity index (χ0n) is 25.8. The van der Waals surface area contributed by atoms with Crippen molar-refractivity contribution in [1.82, 2.24) is 25.7 Å². The summed E-state index contributed by atoms with van der Waals surface area (Å²) in [6.07, 6.45) is 2.08. The highest BCUT2D eigenvalue weighted by atomic mass is 16.5. The van der Waals surface area contributed by atoms with Gasteiger partial charge in [-0.25, -0.2) is 4.79 Å². The summed E-state index contributed by atoms with van der Waals surface area (Å²) < 4.78 is 13.4. The highest BCUT2D eigenvalue weighted by Crippen LogP contribution is 2.21. The van der Waals surface area contributed by atoms with E-state index in [0.29, 0.717) is 18.7 Å². The maximum Gasteiger partial charge on any atom is 0.326 e. The number of carboxylic acid groups (broad SMARTS) is 1. The topological polar surface area (TPSA) is 181 Å². The molecular weight excluding hydrogens is 570 g/mol. The summed E-state index contributed by atoms with van der Waals surface area (Å²) in [5.74, 6) is -3.23. The van der Waals surface area contributed by atoms with E-state index in [1.807, 2.05) is 13.8 Å². The molecule has 0 aliphatic carbocycles. The number of benzene rings is 1. The van der Waals surface area contributed by atoms with E-state index in [0.717, 1.165) is 18.4 Å². The minimum absolute atomic E-state index is 0.0485. The van der Waals surface area contributed by atoms with Crippen LogP contribution in [0.15, 0.2) is 42.6 Å². The summed E-state index contributed by atoms with van der Waals surface area (Å²) in [4.78, 5) is 50.4. The molecule has 0 radical (unpaired) electrons. The number of hydrogen-bond donors (Lipinski definition) is 5. The Morgan fingerprint density at radius 2 is 1.75 bits per heavy atom. The van der Waals surface area contributed by atoms with E-state index in [1.54, 1.807) is 54.3 Å². The number of rotatable bonds is 17. The van der Waals surface area contributed by atoms with Gasteiger partial charge in [0.1, 0.15) is 17.8 Å². The Morgan fingerprint density at radius 3 is 2.36 bits per heavy atom. The second kappa shape index (κ2) is 16.9. The van der Waals surface area contributed by atoms with Crippen LogP contribution < -0.4 is 16.0 Å². The molecule has 13 heteroatoms. The first-order valence-electron chi connectivity index (χ1n) is 15.0. The number of nitrogens with zero attached hydrogens (tertiary/aromatic N) is 2. The summed E-state index contributed by atoms with van der Waals surface area (Å²) in [7, 11) is 1.74. The number of aryl methyl sites for hydroxylation is 1. The highest BCUT2D eigenvalue weighted by Gasteiger charge is 2.33. The Balaban J connectivity index is 1.49. The quantitative estimate of drug-likeness (QED) is 0.174. The first kappa shape index (κ1) is 34.7. The van der Waals surface area contributed by atoms with Crippen molar-refractivity contribution in [1.29, 1.82) is 0 Å². The van der Waals surface area contributed by atoms with Crippen molar-refractivity contribution in [3.63, 3.8) is 0 Å². The van der Waals surface area contributed by atoms with Gasteiger partial charge in [0.15, 0.2) is 0 Å². The standard InChI is InChI=1S/C31H45N5O8/c1-19(2)14-22(17-43-18-24-11-10-23(44-24)16-32-29(39)25-12-13-36(4)35-25)28(38)34-27(20(3)37)30(40)33-26(31(41)42)15-21-8-6-5-7-9-21/h5-9,12-13,19-20,22-24,26-27,37H,10-11,14-18H2,1-4H3,(H,32,39)(H,33,40)(H,34,38)(H,41,42)/t20-,22?,23+,24-,26?,27?/m1/s1. The molecular formula is C31H45N5O8. The van der Waals surface area contributed by atoms with Gasteiger partial charge in [0.25, 0.3) is 5.91 Å². The number of carbonyl (C=O) groups excluding carboxylic acids is 3. The van der Waals surface area contributed by atoms with Crippen molar-refractivity contribution < 1.29 is 38.9 Å². The molecule has 1 aliphatic rings. The van der Waals surface area contributed by atoms with E-state index in [1.165, 1.54) is 6.92 Å². The van der Waals surface area contributed by atoms with Gasteiger partial charge in [-0.05, 0) is 43.7 Å². The fraction of sp³-hybridized carbons (Fsp3) is 0.581. The van der Waals surface area contributed by atoms with Crippen LogP contribution in [0, 0.1) is 11.8 Å². The third-order valence-electron chi connectivity index (χ3n) is 7.34. The van der Waals surface area contributed by atoms with Crippen LogP contribution in [-0.2, 0) is 37.3 Å². The van der Waals surface area contributed by atoms with Crippen molar-refractivity contribution in [3.8, 4) is 0 Å². The van der Waals surface area contributed by atoms with Crippen molar-refractivity contribution >= 4 is 23.7 Å². The number of aliphatic hydroxyl groups is 1. The molecule has 2 aromatic rings. The van der Waals surface area contributed by atoms with E-state index in [4.69, 9.17) is 9.47 Å². The number of amides is 3. The van der Waals surface area contributed by atoms with Crippen LogP contribution >= 0.6 is 0 Å². The Bertz CT molecular complexity index is 1230. The first-order chi connectivity index (χ1) is 20.9. The number of aromatic nitrogens is 2. The molecule has 3 unspecified atom stereocenters. The lowest BCUT2D eigenvalue weighted by Crippen LogP contribution is -2.57. The van der Waals surface area contributed by atoms with Gasteiger partial charge in [-0.3, -0.25) is 19.1 Å². The van der Waals surface area contributed by atoms with Gasteiger partial charge in [-0.1, -0.05) is 44.2 Å². The predicted octanol–water partition coefficient (Wildman–Crippen LogP) is 1.05. The van der Waals surface area contributed by atoms with Crippen molar-refractivity contribution in [3.05, 3.63) is 53.9 Å². The lowest BCUT2D eigenvalue weighted by atomic mass is 9.96. The summed E-state index contributed by atoms with van der Waals surface area (Å²) in [5.41, 5.74) is 1.06. The summed E-state index contributed by atoms with van der Waals surface area (Å²) >= 11 is 0. The van der Waals surface area contributed by atoms with Gasteiger partial charge in [0.05, 0.1) is 37.4 Å². The molecule has 3 amide bonds. The number of nitrogens with one attached hydrogen (secondary N) is 3. The molecule has 1 aromatic carbocycles. The molecule has 5 N–H and O–H groups in total. The zero-order valence-corrected chi connectivity index (χ0v) is 25.8. The maximum atomic E-state index is 13.3. The summed E-state index contributed by atoms with van der Waals surface area (Å²) in [6, 6.07) is 7.90. The van der Waals surface area contributed by atoms with Crippen LogP contribution in [0.2, 0.25) is 0 Å². The summed E-state index contributed by atoms with van der Waals surface area (Å²) in [6.45, 7) is 5.96. The van der Waals surface area contributed by atoms with Gasteiger partial charge in [-0.2, -0.15) is 5.10 Å². The van der Waals surface area contributed by atoms with E-state index in [-0.39, 0.29) is 43.7 Å². The normalized spacial score (nSPS) is 19.1. The maximum absolute atomic E-state index is 13.3. The van der Waals surface area contributed by atoms with Gasteiger partial charge in [0.2, 0.25) is 11.8 Å². The second-order valence-corrected chi connectivity index (χ2v) is 11.7. The van der Waals surface area contributed by atoms with Gasteiger partial charge < -0.3 is 35.6 Å². The van der Waals surface area contributed by atoms with E-state index >= 15 is 0 Å². The number of aliphatic hydroxyl groups excluding tert-OH is 1. The lowest BCUT2D eigenvalue weighted by Gasteiger charge is -2.26. The van der Waals surface area contributed by atoms with E-state index in [2.05, 4.69) is 21.0 Å². The van der Waals surface area contributed by atoms with Gasteiger partial charge >= 0.3 is 5.97 Å². The molecule has 1 saturated heterocycles. The zero-order chi connectivity index (χ0) is 32.2. The van der Waals surface area contributed by atoms with Gasteiger partial charge in [-0.15, -0.1) is 0 Å². The minimum Gasteiger partial charge on any atom is -0.480 e. The van der Waals surface area contributed by atoms with Crippen molar-refractivity contribution in [2.75, 3.05) is 19.8 Å². The minimum atomic E-state index is -1.35. The third-order valence-corrected chi connectivity index (χ3v) is 7.34. The second-order valence-electron chi connectivity index (χ2n) is 11.7. The molecule has 1 aromatic heterocycles. The van der Waals surface area contributed by atoms with E-state index in [9.17, 15) is 29.4 Å². The monoisotopic (exact) mass is 615 g/mol. The third kappa shape index (κ3) is 11.0. The van der Waals surface area contributed by atoms with E-state index < -0.39 is 41.9 Å². The van der Waals surface area contributed by atoms with Crippen LogP contribution in [0.4, 0.5) is 0 Å². The van der Waals surface area contributed by atoms with Crippen LogP contribution in [-0.4, -0.2) is 93.8 Å². The largest absolute Gasteiger partial charge is 0.480 e. The number of aliphatic carboxylic acids is 1. The number of carbonyl (C=O) groups is 4. The molecule has 2 heterocycles. The number of carboxylic acids is 1. The number of ether oxygens (including phenoxy) is 2. The molecule has 44 heavy (non-hydrogen) atoms. The van der Waals surface area contributed by atoms with Crippen molar-refractivity contribution in [2.45, 2.75) is 76.9 Å². The Kier molecular flexibility index (Phi) is 13.3. The molecule has 6 atom stereocenters. The Hall–Kier alpha value is -3.81. The lowest BCUT2D eigenvalue weighted by molar-refractivity contribution is -0.143. The van der Waals surface area contributed by atoms with Crippen LogP contribution in [0.1, 0.15) is 56.1 Å². The molecule has 0 saturated carbocycles. The predicted molar refractivity (Wildman–Crippen MR) is 161 cm³/mol. The molecule has 0 spiro atoms. The summed E-state index contributed by atoms with van der Waals surface area (Å²) in [5, 5.41) is 32.0. The highest BCUT2D eigenvalue weighted by molar-refractivity contribution is 5.92. The molecule has 1 aliphatic heterocycles. The fourth-order valence-electron chi connectivity index (χ4n) is 5.04. The average molecular weight is 616 g/mol. The van der Waals surface area contributed by atoms with Gasteiger partial charge in [0, 0.05) is 26.2 Å². The average Bonchev–Trinajstić information content (AvgIpc) is 3.62. The molecule has 242 valence electrons.